The standard InChI is InChI=1S/C17H32N2O/c1-2-5-16-12-15(6-11-20-16)19-10-4-8-17(14-19)7-3-9-18-13-17/h15-16,18H,2-14H2,1H3. The van der Waals surface area contributed by atoms with Gasteiger partial charge in [-0.3, -0.25) is 4.90 Å². The van der Waals surface area contributed by atoms with E-state index in [0.29, 0.717) is 11.5 Å². The van der Waals surface area contributed by atoms with Crippen LogP contribution >= 0.6 is 0 Å². The van der Waals surface area contributed by atoms with E-state index in [-0.39, 0.29) is 0 Å². The number of nitrogens with one attached hydrogen (secondary N) is 1. The van der Waals surface area contributed by atoms with Gasteiger partial charge in [-0.25, -0.2) is 0 Å². The second kappa shape index (κ2) is 6.76. The van der Waals surface area contributed by atoms with Gasteiger partial charge in [-0.2, -0.15) is 0 Å². The molecule has 0 aromatic rings. The largest absolute Gasteiger partial charge is 0.378 e. The minimum absolute atomic E-state index is 0.529. The molecule has 3 unspecified atom stereocenters. The molecular weight excluding hydrogens is 248 g/mol. The van der Waals surface area contributed by atoms with Gasteiger partial charge in [0.15, 0.2) is 0 Å². The van der Waals surface area contributed by atoms with Gasteiger partial charge in [-0.1, -0.05) is 13.3 Å². The van der Waals surface area contributed by atoms with Gasteiger partial charge in [-0.15, -0.1) is 0 Å². The first-order chi connectivity index (χ1) is 9.81. The van der Waals surface area contributed by atoms with Crippen LogP contribution in [0.15, 0.2) is 0 Å². The van der Waals surface area contributed by atoms with E-state index in [4.69, 9.17) is 4.74 Å². The van der Waals surface area contributed by atoms with Crippen LogP contribution in [0.2, 0.25) is 0 Å². The van der Waals surface area contributed by atoms with Crippen molar-refractivity contribution >= 4 is 0 Å². The van der Waals surface area contributed by atoms with Gasteiger partial charge in [0.1, 0.15) is 0 Å². The average molecular weight is 280 g/mol. The van der Waals surface area contributed by atoms with Crippen LogP contribution in [-0.4, -0.2) is 49.8 Å². The average Bonchev–Trinajstić information content (AvgIpc) is 2.49. The van der Waals surface area contributed by atoms with Crippen molar-refractivity contribution < 1.29 is 4.74 Å². The van der Waals surface area contributed by atoms with Crippen molar-refractivity contribution in [3.05, 3.63) is 0 Å². The quantitative estimate of drug-likeness (QED) is 0.860. The van der Waals surface area contributed by atoms with Crippen molar-refractivity contribution in [1.82, 2.24) is 10.2 Å². The molecule has 3 fully saturated rings. The van der Waals surface area contributed by atoms with E-state index in [0.717, 1.165) is 12.6 Å². The lowest BCUT2D eigenvalue weighted by molar-refractivity contribution is -0.0519. The van der Waals surface area contributed by atoms with Gasteiger partial charge >= 0.3 is 0 Å². The molecule has 3 saturated heterocycles. The van der Waals surface area contributed by atoms with E-state index in [9.17, 15) is 0 Å². The lowest BCUT2D eigenvalue weighted by Gasteiger charge is -2.49. The fourth-order valence-corrected chi connectivity index (χ4v) is 4.65. The van der Waals surface area contributed by atoms with Gasteiger partial charge in [0, 0.05) is 25.7 Å². The SMILES string of the molecule is CCCC1CC(N2CCCC3(CCCNC3)C2)CCO1. The molecule has 20 heavy (non-hydrogen) atoms. The first-order valence-corrected chi connectivity index (χ1v) is 8.88. The zero-order valence-electron chi connectivity index (χ0n) is 13.2. The Hall–Kier alpha value is -0.120. The first-order valence-electron chi connectivity index (χ1n) is 8.88. The topological polar surface area (TPSA) is 24.5 Å². The molecule has 3 heteroatoms. The lowest BCUT2D eigenvalue weighted by atomic mass is 9.74. The highest BCUT2D eigenvalue weighted by Gasteiger charge is 2.39. The third-order valence-electron chi connectivity index (χ3n) is 5.72. The Morgan fingerprint density at radius 1 is 1.30 bits per heavy atom. The predicted molar refractivity (Wildman–Crippen MR) is 83.0 cm³/mol. The van der Waals surface area contributed by atoms with E-state index in [2.05, 4.69) is 17.1 Å². The molecule has 3 heterocycles. The molecule has 0 bridgehead atoms. The summed E-state index contributed by atoms with van der Waals surface area (Å²) in [6.07, 6.45) is 11.2. The van der Waals surface area contributed by atoms with E-state index < -0.39 is 0 Å². The van der Waals surface area contributed by atoms with Gasteiger partial charge in [-0.05, 0) is 63.5 Å². The molecule has 0 aromatic carbocycles. The normalized spacial score (nSPS) is 40.0. The first kappa shape index (κ1) is 14.8. The maximum atomic E-state index is 5.94. The van der Waals surface area contributed by atoms with Gasteiger partial charge in [0.25, 0.3) is 0 Å². The minimum Gasteiger partial charge on any atom is -0.378 e. The summed E-state index contributed by atoms with van der Waals surface area (Å²) < 4.78 is 5.94. The fraction of sp³-hybridized carbons (Fsp3) is 1.00. The Kier molecular flexibility index (Phi) is 5.00. The van der Waals surface area contributed by atoms with Crippen molar-refractivity contribution in [3.8, 4) is 0 Å². The molecule has 0 radical (unpaired) electrons. The molecule has 3 aliphatic rings. The summed E-state index contributed by atoms with van der Waals surface area (Å²) in [5.74, 6) is 0. The number of likely N-dealkylation sites (tertiary alicyclic amines) is 1. The Labute approximate surface area is 124 Å². The van der Waals surface area contributed by atoms with Crippen molar-refractivity contribution in [1.29, 1.82) is 0 Å². The molecule has 116 valence electrons. The summed E-state index contributed by atoms with van der Waals surface area (Å²) in [5, 5.41) is 3.65. The van der Waals surface area contributed by atoms with E-state index >= 15 is 0 Å². The van der Waals surface area contributed by atoms with Crippen LogP contribution in [0, 0.1) is 5.41 Å². The molecule has 3 rings (SSSR count). The molecule has 1 N–H and O–H groups in total. The Morgan fingerprint density at radius 2 is 2.20 bits per heavy atom. The Balaban J connectivity index is 1.58. The van der Waals surface area contributed by atoms with E-state index in [1.807, 2.05) is 0 Å². The molecule has 3 nitrogen and oxygen atoms in total. The molecule has 3 aliphatic heterocycles. The summed E-state index contributed by atoms with van der Waals surface area (Å²) in [6, 6.07) is 0.791. The zero-order valence-corrected chi connectivity index (χ0v) is 13.2. The number of piperidine rings is 2. The van der Waals surface area contributed by atoms with Gasteiger partial charge in [0.05, 0.1) is 6.10 Å². The second-order valence-electron chi connectivity index (χ2n) is 7.31. The minimum atomic E-state index is 0.529. The number of rotatable bonds is 3. The van der Waals surface area contributed by atoms with Crippen LogP contribution in [0.4, 0.5) is 0 Å². The van der Waals surface area contributed by atoms with Crippen LogP contribution in [-0.2, 0) is 4.74 Å². The van der Waals surface area contributed by atoms with E-state index in [1.54, 1.807) is 0 Å². The van der Waals surface area contributed by atoms with Gasteiger partial charge in [0.2, 0.25) is 0 Å². The zero-order chi connectivity index (χ0) is 13.8. The predicted octanol–water partition coefficient (Wildman–Crippen LogP) is 2.80. The third kappa shape index (κ3) is 3.37. The number of hydrogen-bond acceptors (Lipinski definition) is 3. The lowest BCUT2D eigenvalue weighted by Crippen LogP contribution is -2.55. The highest BCUT2D eigenvalue weighted by atomic mass is 16.5. The van der Waals surface area contributed by atoms with Crippen LogP contribution in [0.1, 0.15) is 58.3 Å². The summed E-state index contributed by atoms with van der Waals surface area (Å²) in [7, 11) is 0. The molecule has 0 aromatic heterocycles. The van der Waals surface area contributed by atoms with Crippen molar-refractivity contribution in [2.45, 2.75) is 70.4 Å². The van der Waals surface area contributed by atoms with E-state index in [1.165, 1.54) is 77.5 Å². The summed E-state index contributed by atoms with van der Waals surface area (Å²) in [5.41, 5.74) is 0.592. The fourth-order valence-electron chi connectivity index (χ4n) is 4.65. The van der Waals surface area contributed by atoms with Crippen LogP contribution in [0.3, 0.4) is 0 Å². The van der Waals surface area contributed by atoms with Gasteiger partial charge < -0.3 is 10.1 Å². The highest BCUT2D eigenvalue weighted by Crippen LogP contribution is 2.38. The highest BCUT2D eigenvalue weighted by molar-refractivity contribution is 4.94. The smallest absolute Gasteiger partial charge is 0.0590 e. The molecule has 3 atom stereocenters. The van der Waals surface area contributed by atoms with Crippen molar-refractivity contribution in [2.24, 2.45) is 5.41 Å². The Bertz CT molecular complexity index is 294. The Morgan fingerprint density at radius 3 is 3.00 bits per heavy atom. The number of nitrogens with zero attached hydrogens (tertiary/aromatic N) is 1. The maximum absolute atomic E-state index is 5.94. The molecule has 0 aliphatic carbocycles. The molecule has 0 amide bonds. The summed E-state index contributed by atoms with van der Waals surface area (Å²) in [4.78, 5) is 2.82. The molecule has 0 saturated carbocycles. The number of ether oxygens (including phenoxy) is 1. The van der Waals surface area contributed by atoms with Crippen LogP contribution in [0.25, 0.3) is 0 Å². The number of hydrogen-bond donors (Lipinski definition) is 1. The van der Waals surface area contributed by atoms with Crippen molar-refractivity contribution in [3.63, 3.8) is 0 Å². The maximum Gasteiger partial charge on any atom is 0.0590 e. The van der Waals surface area contributed by atoms with Crippen LogP contribution < -0.4 is 5.32 Å². The van der Waals surface area contributed by atoms with Crippen molar-refractivity contribution in [2.75, 3.05) is 32.8 Å². The summed E-state index contributed by atoms with van der Waals surface area (Å²) >= 11 is 0. The third-order valence-corrected chi connectivity index (χ3v) is 5.72. The van der Waals surface area contributed by atoms with Crippen LogP contribution in [0.5, 0.6) is 0 Å². The second-order valence-corrected chi connectivity index (χ2v) is 7.31. The monoisotopic (exact) mass is 280 g/mol. The summed E-state index contributed by atoms with van der Waals surface area (Å²) in [6.45, 7) is 8.41. The molecule has 1 spiro atoms. The molecular formula is C17H32N2O.